The van der Waals surface area contributed by atoms with Gasteiger partial charge < -0.3 is 14.5 Å². The third-order valence-corrected chi connectivity index (χ3v) is 5.77. The van der Waals surface area contributed by atoms with Gasteiger partial charge in [0.1, 0.15) is 11.3 Å². The molecule has 0 bridgehead atoms. The van der Waals surface area contributed by atoms with Gasteiger partial charge in [0.15, 0.2) is 6.61 Å². The first-order valence-corrected chi connectivity index (χ1v) is 10.4. The number of fused-ring (bicyclic) bond motifs is 1. The average Bonchev–Trinajstić information content (AvgIpc) is 3.25. The molecule has 5 nitrogen and oxygen atoms in total. The van der Waals surface area contributed by atoms with E-state index in [1.807, 2.05) is 61.7 Å². The number of hydrogen-bond acceptors (Lipinski definition) is 5. The maximum Gasteiger partial charge on any atom is 0.336 e. The molecule has 0 unspecified atom stereocenters. The highest BCUT2D eigenvalue weighted by Gasteiger charge is 2.18. The van der Waals surface area contributed by atoms with E-state index in [0.717, 1.165) is 27.0 Å². The van der Waals surface area contributed by atoms with Crippen LogP contribution in [-0.2, 0) is 4.79 Å². The third kappa shape index (κ3) is 4.44. The van der Waals surface area contributed by atoms with Gasteiger partial charge in [0, 0.05) is 22.4 Å². The Morgan fingerprint density at radius 2 is 1.90 bits per heavy atom. The second-order valence-electron chi connectivity index (χ2n) is 7.12. The lowest BCUT2D eigenvalue weighted by molar-refractivity contribution is -0.123. The van der Waals surface area contributed by atoms with E-state index in [2.05, 4.69) is 5.32 Å². The first-order chi connectivity index (χ1) is 14.5. The molecule has 2 heterocycles. The van der Waals surface area contributed by atoms with E-state index in [-0.39, 0.29) is 18.6 Å². The van der Waals surface area contributed by atoms with Crippen molar-refractivity contribution in [3.63, 3.8) is 0 Å². The van der Waals surface area contributed by atoms with Crippen LogP contribution in [0.15, 0.2) is 75.3 Å². The number of thiophene rings is 1. The number of rotatable bonds is 6. The van der Waals surface area contributed by atoms with Crippen LogP contribution in [0, 0.1) is 13.8 Å². The Balaban J connectivity index is 1.48. The predicted octanol–water partition coefficient (Wildman–Crippen LogP) is 4.76. The van der Waals surface area contributed by atoms with Gasteiger partial charge in [-0.05, 0) is 48.6 Å². The Labute approximate surface area is 177 Å². The van der Waals surface area contributed by atoms with Crippen LogP contribution in [0.5, 0.6) is 5.75 Å². The van der Waals surface area contributed by atoms with Crippen LogP contribution in [0.4, 0.5) is 0 Å². The maximum absolute atomic E-state index is 12.6. The Kier molecular flexibility index (Phi) is 5.68. The Morgan fingerprint density at radius 1 is 1.10 bits per heavy atom. The SMILES string of the molecule is Cc1ccc([C@H](NC(=O)COc2ccc3c(C)cc(=O)oc3c2)c2cccs2)cc1. The Bertz CT molecular complexity index is 1230. The fourth-order valence-electron chi connectivity index (χ4n) is 3.28. The molecule has 2 aromatic heterocycles. The zero-order chi connectivity index (χ0) is 21.1. The van der Waals surface area contributed by atoms with E-state index < -0.39 is 5.63 Å². The standard InChI is InChI=1S/C24H21NO4S/c1-15-5-7-17(8-6-15)24(21-4-3-11-30-21)25-22(26)14-28-18-9-10-19-16(2)12-23(27)29-20(19)13-18/h3-13,24H,14H2,1-2H3,(H,25,26)/t24-/m0/s1. The van der Waals surface area contributed by atoms with E-state index in [1.165, 1.54) is 6.07 Å². The minimum atomic E-state index is -0.410. The van der Waals surface area contributed by atoms with Crippen molar-refractivity contribution in [3.05, 3.63) is 98.0 Å². The van der Waals surface area contributed by atoms with Crippen molar-refractivity contribution in [1.82, 2.24) is 5.32 Å². The molecular formula is C24H21NO4S. The summed E-state index contributed by atoms with van der Waals surface area (Å²) in [6, 6.07) is 18.5. The number of ether oxygens (including phenoxy) is 1. The fourth-order valence-corrected chi connectivity index (χ4v) is 4.08. The maximum atomic E-state index is 12.6. The summed E-state index contributed by atoms with van der Waals surface area (Å²) in [6.45, 7) is 3.74. The van der Waals surface area contributed by atoms with Crippen molar-refractivity contribution in [2.45, 2.75) is 19.9 Å². The summed E-state index contributed by atoms with van der Waals surface area (Å²) in [5, 5.41) is 5.88. The first kappa shape index (κ1) is 19.9. The van der Waals surface area contributed by atoms with Gasteiger partial charge in [-0.25, -0.2) is 4.79 Å². The van der Waals surface area contributed by atoms with Gasteiger partial charge in [-0.3, -0.25) is 4.79 Å². The molecule has 0 spiro atoms. The molecule has 1 N–H and O–H groups in total. The third-order valence-electron chi connectivity index (χ3n) is 4.84. The van der Waals surface area contributed by atoms with Crippen LogP contribution >= 0.6 is 11.3 Å². The second kappa shape index (κ2) is 8.55. The molecule has 6 heteroatoms. The molecule has 0 aliphatic rings. The summed E-state index contributed by atoms with van der Waals surface area (Å²) in [5.41, 5.74) is 3.04. The van der Waals surface area contributed by atoms with Crippen LogP contribution in [0.25, 0.3) is 11.0 Å². The van der Waals surface area contributed by atoms with Crippen LogP contribution in [-0.4, -0.2) is 12.5 Å². The van der Waals surface area contributed by atoms with Gasteiger partial charge >= 0.3 is 5.63 Å². The molecule has 0 fully saturated rings. The molecule has 1 atom stereocenters. The molecule has 4 rings (SSSR count). The monoisotopic (exact) mass is 419 g/mol. The summed E-state index contributed by atoms with van der Waals surface area (Å²) >= 11 is 1.59. The average molecular weight is 420 g/mol. The number of amides is 1. The molecule has 0 radical (unpaired) electrons. The van der Waals surface area contributed by atoms with Gasteiger partial charge in [-0.15, -0.1) is 11.3 Å². The Morgan fingerprint density at radius 3 is 2.63 bits per heavy atom. The van der Waals surface area contributed by atoms with Crippen molar-refractivity contribution in [3.8, 4) is 5.75 Å². The molecule has 0 aliphatic heterocycles. The summed E-state index contributed by atoms with van der Waals surface area (Å²) in [7, 11) is 0. The summed E-state index contributed by atoms with van der Waals surface area (Å²) in [4.78, 5) is 25.3. The molecule has 1 amide bonds. The second-order valence-corrected chi connectivity index (χ2v) is 8.10. The van der Waals surface area contributed by atoms with Crippen molar-refractivity contribution >= 4 is 28.2 Å². The van der Waals surface area contributed by atoms with Crippen LogP contribution in [0.2, 0.25) is 0 Å². The minimum absolute atomic E-state index is 0.144. The van der Waals surface area contributed by atoms with E-state index in [1.54, 1.807) is 23.5 Å². The smallest absolute Gasteiger partial charge is 0.336 e. The molecule has 4 aromatic rings. The number of carbonyl (C=O) groups excluding carboxylic acids is 1. The predicted molar refractivity (Wildman–Crippen MR) is 118 cm³/mol. The molecular weight excluding hydrogens is 398 g/mol. The first-order valence-electron chi connectivity index (χ1n) is 9.56. The van der Waals surface area contributed by atoms with E-state index in [0.29, 0.717) is 11.3 Å². The number of nitrogens with one attached hydrogen (secondary N) is 1. The van der Waals surface area contributed by atoms with Crippen molar-refractivity contribution in [2.24, 2.45) is 0 Å². The van der Waals surface area contributed by atoms with E-state index in [4.69, 9.17) is 9.15 Å². The highest BCUT2D eigenvalue weighted by atomic mass is 32.1. The molecule has 152 valence electrons. The quantitative estimate of drug-likeness (QED) is 0.458. The van der Waals surface area contributed by atoms with Crippen molar-refractivity contribution in [2.75, 3.05) is 6.61 Å². The van der Waals surface area contributed by atoms with Crippen molar-refractivity contribution < 1.29 is 13.9 Å². The summed E-state index contributed by atoms with van der Waals surface area (Å²) in [5.74, 6) is 0.231. The Hall–Kier alpha value is -3.38. The zero-order valence-electron chi connectivity index (χ0n) is 16.7. The highest BCUT2D eigenvalue weighted by molar-refractivity contribution is 7.10. The van der Waals surface area contributed by atoms with Crippen LogP contribution in [0.3, 0.4) is 0 Å². The molecule has 2 aromatic carbocycles. The van der Waals surface area contributed by atoms with Gasteiger partial charge in [-0.1, -0.05) is 35.9 Å². The zero-order valence-corrected chi connectivity index (χ0v) is 17.5. The number of aryl methyl sites for hydroxylation is 2. The number of hydrogen-bond donors (Lipinski definition) is 1. The molecule has 30 heavy (non-hydrogen) atoms. The van der Waals surface area contributed by atoms with Gasteiger partial charge in [0.2, 0.25) is 0 Å². The minimum Gasteiger partial charge on any atom is -0.484 e. The summed E-state index contributed by atoms with van der Waals surface area (Å²) < 4.78 is 10.9. The summed E-state index contributed by atoms with van der Waals surface area (Å²) in [6.07, 6.45) is 0. The van der Waals surface area contributed by atoms with Gasteiger partial charge in [0.25, 0.3) is 5.91 Å². The lowest BCUT2D eigenvalue weighted by atomic mass is 10.0. The fraction of sp³-hybridized carbons (Fsp3) is 0.167. The van der Waals surface area contributed by atoms with Crippen LogP contribution < -0.4 is 15.7 Å². The van der Waals surface area contributed by atoms with E-state index >= 15 is 0 Å². The number of carbonyl (C=O) groups is 1. The molecule has 0 saturated heterocycles. The topological polar surface area (TPSA) is 68.5 Å². The largest absolute Gasteiger partial charge is 0.484 e. The lowest BCUT2D eigenvalue weighted by Gasteiger charge is -2.18. The van der Waals surface area contributed by atoms with Crippen molar-refractivity contribution in [1.29, 1.82) is 0 Å². The van der Waals surface area contributed by atoms with Crippen LogP contribution in [0.1, 0.15) is 27.6 Å². The molecule has 0 aliphatic carbocycles. The highest BCUT2D eigenvalue weighted by Crippen LogP contribution is 2.26. The normalized spacial score (nSPS) is 11.9. The van der Waals surface area contributed by atoms with Gasteiger partial charge in [-0.2, -0.15) is 0 Å². The number of benzene rings is 2. The van der Waals surface area contributed by atoms with Gasteiger partial charge in [0.05, 0.1) is 6.04 Å². The van der Waals surface area contributed by atoms with E-state index in [9.17, 15) is 9.59 Å². The lowest BCUT2D eigenvalue weighted by Crippen LogP contribution is -2.32. The molecule has 0 saturated carbocycles.